The van der Waals surface area contributed by atoms with E-state index >= 15 is 0 Å². The number of anilines is 2. The van der Waals surface area contributed by atoms with Gasteiger partial charge in [0.1, 0.15) is 0 Å². The van der Waals surface area contributed by atoms with Gasteiger partial charge in [-0.3, -0.25) is 0 Å². The van der Waals surface area contributed by atoms with Gasteiger partial charge >= 0.3 is 0 Å². The second-order valence-electron chi connectivity index (χ2n) is 18.2. The van der Waals surface area contributed by atoms with Gasteiger partial charge < -0.3 is 4.90 Å². The van der Waals surface area contributed by atoms with E-state index < -0.39 is 0 Å². The van der Waals surface area contributed by atoms with Gasteiger partial charge in [-0.05, 0) is 116 Å². The molecule has 0 saturated heterocycles. The fourth-order valence-electron chi connectivity index (χ4n) is 11.3. The van der Waals surface area contributed by atoms with Crippen molar-refractivity contribution in [2.75, 3.05) is 4.90 Å². The highest BCUT2D eigenvalue weighted by atomic mass is 32.1. The van der Waals surface area contributed by atoms with E-state index in [1.807, 2.05) is 22.7 Å². The summed E-state index contributed by atoms with van der Waals surface area (Å²) in [6.45, 7) is 0. The summed E-state index contributed by atoms with van der Waals surface area (Å²) < 4.78 is 5.30. The van der Waals surface area contributed by atoms with Gasteiger partial charge in [0.25, 0.3) is 0 Å². The van der Waals surface area contributed by atoms with E-state index in [1.54, 1.807) is 0 Å². The van der Waals surface area contributed by atoms with Crippen molar-refractivity contribution >= 4 is 91.1 Å². The number of fused-ring (bicyclic) bond motifs is 11. The van der Waals surface area contributed by atoms with Crippen LogP contribution in [0.15, 0.2) is 254 Å². The maximum Gasteiger partial charge on any atom is 0.0508 e. The third-order valence-electron chi connectivity index (χ3n) is 14.4. The SMILES string of the molecule is C1=CC=C(C2=CC3C=CC=CC3=C(c3cccc(N4C5=CC(C=CC(c6cccc7c6sc6ccccc67)=C5)c5ccc(-c6cccc7c6sc6ccccc67)cc54)c3)c3ccccc32)CC=C1. The molecule has 2 unspecified atom stereocenters. The second kappa shape index (κ2) is 15.9. The normalized spacial score (nSPS) is 18.2. The topological polar surface area (TPSA) is 3.24 Å². The van der Waals surface area contributed by atoms with E-state index in [4.69, 9.17) is 0 Å². The molecular formula is C65H43NS2. The van der Waals surface area contributed by atoms with Gasteiger partial charge in [-0.25, -0.2) is 0 Å². The molecule has 0 radical (unpaired) electrons. The Morgan fingerprint density at radius 3 is 2.06 bits per heavy atom. The molecule has 0 saturated carbocycles. The molecule has 7 aromatic carbocycles. The van der Waals surface area contributed by atoms with Gasteiger partial charge in [0, 0.05) is 63.6 Å². The van der Waals surface area contributed by atoms with Crippen LogP contribution in [0.1, 0.15) is 40.2 Å². The van der Waals surface area contributed by atoms with Crippen LogP contribution in [0, 0.1) is 5.92 Å². The van der Waals surface area contributed by atoms with Crippen molar-refractivity contribution in [3.63, 3.8) is 0 Å². The molecule has 14 rings (SSSR count). The summed E-state index contributed by atoms with van der Waals surface area (Å²) in [5.41, 5.74) is 18.8. The van der Waals surface area contributed by atoms with E-state index in [-0.39, 0.29) is 11.8 Å². The number of hydrogen-bond donors (Lipinski definition) is 0. The Balaban J connectivity index is 0.968. The van der Waals surface area contributed by atoms with Crippen molar-refractivity contribution in [3.8, 4) is 11.1 Å². The smallest absolute Gasteiger partial charge is 0.0508 e. The van der Waals surface area contributed by atoms with Crippen LogP contribution < -0.4 is 4.90 Å². The van der Waals surface area contributed by atoms with Crippen molar-refractivity contribution in [1.29, 1.82) is 0 Å². The quantitative estimate of drug-likeness (QED) is 0.166. The minimum Gasteiger partial charge on any atom is -0.310 e. The summed E-state index contributed by atoms with van der Waals surface area (Å²) in [4.78, 5) is 2.54. The zero-order valence-electron chi connectivity index (χ0n) is 37.1. The molecule has 4 aliphatic carbocycles. The molecule has 320 valence electrons. The molecule has 0 amide bonds. The highest BCUT2D eigenvalue weighted by Crippen LogP contribution is 2.50. The number of benzene rings is 7. The minimum atomic E-state index is 0.107. The third-order valence-corrected chi connectivity index (χ3v) is 16.8. The van der Waals surface area contributed by atoms with E-state index in [1.165, 1.54) is 119 Å². The number of thiophene rings is 2. The zero-order valence-corrected chi connectivity index (χ0v) is 38.8. The standard InChI is InChI=1S/C65H43NS2/c1-2-4-17-41(16-3-1)59-39-42-18-5-6-21-50(42)63(56-25-8-7-22-53(56)59)46-19-13-20-47(38-46)66-48-36-43(32-33-44(37-48)51-26-14-28-57-54-23-9-11-30-61(54)67-64(51)57)49-35-34-45(40-60(49)66)52-27-15-29-58-55-24-10-12-31-62(55)68-65(52)58/h1-16,18-40,42-43H,17H2. The Morgan fingerprint density at radius 1 is 0.500 bits per heavy atom. The Labute approximate surface area is 404 Å². The highest BCUT2D eigenvalue weighted by Gasteiger charge is 2.31. The molecule has 5 aliphatic rings. The average Bonchev–Trinajstić information content (AvgIpc) is 3.68. The maximum absolute atomic E-state index is 2.54. The number of nitrogens with zero attached hydrogens (tertiary/aromatic N) is 1. The van der Waals surface area contributed by atoms with E-state index in [0.29, 0.717) is 0 Å². The lowest BCUT2D eigenvalue weighted by molar-refractivity contribution is 0.996. The first-order chi connectivity index (χ1) is 33.7. The van der Waals surface area contributed by atoms with Crippen molar-refractivity contribution in [3.05, 3.63) is 281 Å². The molecule has 0 spiro atoms. The van der Waals surface area contributed by atoms with Gasteiger partial charge in [-0.1, -0.05) is 194 Å². The van der Waals surface area contributed by atoms with Crippen LogP contribution in [0.3, 0.4) is 0 Å². The zero-order chi connectivity index (χ0) is 44.7. The van der Waals surface area contributed by atoms with E-state index in [9.17, 15) is 0 Å². The summed E-state index contributed by atoms with van der Waals surface area (Å²) >= 11 is 3.79. The average molecular weight is 902 g/mol. The molecular weight excluding hydrogens is 859 g/mol. The Hall–Kier alpha value is -7.82. The first kappa shape index (κ1) is 39.4. The van der Waals surface area contributed by atoms with Gasteiger partial charge in [0.05, 0.1) is 5.69 Å². The van der Waals surface area contributed by atoms with E-state index in [2.05, 4.69) is 242 Å². The molecule has 1 aliphatic heterocycles. The fraction of sp³-hybridized carbons (Fsp3) is 0.0462. The molecule has 2 bridgehead atoms. The Morgan fingerprint density at radius 2 is 1.22 bits per heavy atom. The summed E-state index contributed by atoms with van der Waals surface area (Å²) in [7, 11) is 0. The number of rotatable bonds is 5. The molecule has 0 fully saturated rings. The lowest BCUT2D eigenvalue weighted by Crippen LogP contribution is -2.22. The van der Waals surface area contributed by atoms with Crippen LogP contribution in [0.2, 0.25) is 0 Å². The van der Waals surface area contributed by atoms with Crippen LogP contribution in [-0.4, -0.2) is 0 Å². The number of allylic oxidation sites excluding steroid dienone is 18. The number of hydrogen-bond acceptors (Lipinski definition) is 3. The highest BCUT2D eigenvalue weighted by molar-refractivity contribution is 7.26. The lowest BCUT2D eigenvalue weighted by atomic mass is 9.84. The molecule has 3 heterocycles. The molecule has 68 heavy (non-hydrogen) atoms. The van der Waals surface area contributed by atoms with E-state index in [0.717, 1.165) is 12.1 Å². The summed E-state index contributed by atoms with van der Waals surface area (Å²) in [6, 6.07) is 56.9. The Bertz CT molecular complexity index is 3950. The summed E-state index contributed by atoms with van der Waals surface area (Å²) in [5, 5.41) is 5.27. The van der Waals surface area contributed by atoms with Crippen molar-refractivity contribution in [1.82, 2.24) is 0 Å². The predicted octanol–water partition coefficient (Wildman–Crippen LogP) is 18.2. The summed E-state index contributed by atoms with van der Waals surface area (Å²) in [5.74, 6) is 0.238. The lowest BCUT2D eigenvalue weighted by Gasteiger charge is -2.35. The molecule has 1 nitrogen and oxygen atoms in total. The van der Waals surface area contributed by atoms with Crippen molar-refractivity contribution in [2.45, 2.75) is 12.3 Å². The van der Waals surface area contributed by atoms with Gasteiger partial charge in [0.15, 0.2) is 0 Å². The van der Waals surface area contributed by atoms with Gasteiger partial charge in [-0.15, -0.1) is 22.7 Å². The molecule has 0 N–H and O–H groups in total. The van der Waals surface area contributed by atoms with Crippen molar-refractivity contribution < 1.29 is 0 Å². The van der Waals surface area contributed by atoms with Gasteiger partial charge in [-0.2, -0.15) is 0 Å². The largest absolute Gasteiger partial charge is 0.310 e. The molecule has 2 atom stereocenters. The monoisotopic (exact) mass is 901 g/mol. The predicted molar refractivity (Wildman–Crippen MR) is 294 cm³/mol. The van der Waals surface area contributed by atoms with Crippen LogP contribution in [0.5, 0.6) is 0 Å². The maximum atomic E-state index is 2.54. The third kappa shape index (κ3) is 6.34. The second-order valence-corrected chi connectivity index (χ2v) is 20.3. The summed E-state index contributed by atoms with van der Waals surface area (Å²) in [6.07, 6.45) is 33.3. The molecule has 2 aromatic heterocycles. The van der Waals surface area contributed by atoms with Crippen LogP contribution >= 0.6 is 22.7 Å². The molecule has 3 heteroatoms. The first-order valence-corrected chi connectivity index (χ1v) is 25.3. The van der Waals surface area contributed by atoms with Crippen LogP contribution in [0.4, 0.5) is 11.4 Å². The van der Waals surface area contributed by atoms with Crippen molar-refractivity contribution in [2.24, 2.45) is 5.92 Å². The fourth-order valence-corrected chi connectivity index (χ4v) is 13.7. The minimum absolute atomic E-state index is 0.107. The van der Waals surface area contributed by atoms with Gasteiger partial charge in [0.2, 0.25) is 0 Å². The Kier molecular flexibility index (Phi) is 9.21. The molecule has 9 aromatic rings. The van der Waals surface area contributed by atoms with Crippen LogP contribution in [-0.2, 0) is 0 Å². The first-order valence-electron chi connectivity index (χ1n) is 23.6. The van der Waals surface area contributed by atoms with Crippen LogP contribution in [0.25, 0.3) is 68.2 Å².